The van der Waals surface area contributed by atoms with Crippen LogP contribution in [0.4, 0.5) is 10.5 Å². The van der Waals surface area contributed by atoms with E-state index in [1.54, 1.807) is 6.92 Å². The smallest absolute Gasteiger partial charge is 0.323 e. The number of amides is 2. The number of carboxylic acid groups (broad SMARTS) is 1. The van der Waals surface area contributed by atoms with Gasteiger partial charge in [0.05, 0.1) is 0 Å². The highest BCUT2D eigenvalue weighted by molar-refractivity contribution is 5.92. The Morgan fingerprint density at radius 2 is 2.00 bits per heavy atom. The number of hydrogen-bond acceptors (Lipinski definition) is 2. The van der Waals surface area contributed by atoms with E-state index in [9.17, 15) is 9.59 Å². The monoisotopic (exact) mass is 264 g/mol. The molecule has 2 amide bonds. The van der Waals surface area contributed by atoms with Crippen molar-refractivity contribution in [2.45, 2.75) is 27.2 Å². The van der Waals surface area contributed by atoms with E-state index in [1.807, 2.05) is 32.0 Å². The van der Waals surface area contributed by atoms with Crippen molar-refractivity contribution >= 4 is 17.7 Å². The number of benzene rings is 1. The molecule has 0 atom stereocenters. The van der Waals surface area contributed by atoms with Crippen molar-refractivity contribution in [1.29, 1.82) is 0 Å². The van der Waals surface area contributed by atoms with Gasteiger partial charge in [-0.05, 0) is 31.4 Å². The zero-order chi connectivity index (χ0) is 14.4. The maximum absolute atomic E-state index is 12.1. The molecule has 5 nitrogen and oxygen atoms in total. The van der Waals surface area contributed by atoms with Crippen LogP contribution in [0.15, 0.2) is 18.2 Å². The van der Waals surface area contributed by atoms with E-state index >= 15 is 0 Å². The number of aliphatic carboxylic acids is 1. The molecule has 19 heavy (non-hydrogen) atoms. The molecule has 0 bridgehead atoms. The largest absolute Gasteiger partial charge is 0.480 e. The predicted octanol–water partition coefficient (Wildman–Crippen LogP) is 2.50. The molecule has 0 aliphatic rings. The quantitative estimate of drug-likeness (QED) is 0.858. The summed E-state index contributed by atoms with van der Waals surface area (Å²) in [6, 6.07) is 5.44. The SMILES string of the molecule is CCc1cccc(C)c1NC(=O)N(CC)CC(=O)O. The fourth-order valence-electron chi connectivity index (χ4n) is 1.88. The molecule has 0 fully saturated rings. The second kappa shape index (κ2) is 6.78. The summed E-state index contributed by atoms with van der Waals surface area (Å²) in [6.07, 6.45) is 0.808. The minimum atomic E-state index is -1.02. The highest BCUT2D eigenvalue weighted by atomic mass is 16.4. The lowest BCUT2D eigenvalue weighted by atomic mass is 10.1. The summed E-state index contributed by atoms with van der Waals surface area (Å²) >= 11 is 0. The Labute approximate surface area is 113 Å². The van der Waals surface area contributed by atoms with E-state index in [0.29, 0.717) is 6.54 Å². The van der Waals surface area contributed by atoms with Crippen LogP contribution >= 0.6 is 0 Å². The lowest BCUT2D eigenvalue weighted by Gasteiger charge is -2.21. The van der Waals surface area contributed by atoms with Crippen molar-refractivity contribution in [1.82, 2.24) is 4.90 Å². The molecule has 0 spiro atoms. The standard InChI is InChI=1S/C14H20N2O3/c1-4-11-8-6-7-10(3)13(11)15-14(19)16(5-2)9-12(17)18/h6-8H,4-5,9H2,1-3H3,(H,15,19)(H,17,18). The highest BCUT2D eigenvalue weighted by Crippen LogP contribution is 2.21. The molecule has 0 saturated heterocycles. The number of rotatable bonds is 5. The number of urea groups is 1. The van der Waals surface area contributed by atoms with Crippen molar-refractivity contribution in [2.24, 2.45) is 0 Å². The third-order valence-corrected chi connectivity index (χ3v) is 2.97. The summed E-state index contributed by atoms with van der Waals surface area (Å²) in [6.45, 7) is 5.74. The van der Waals surface area contributed by atoms with E-state index in [-0.39, 0.29) is 12.6 Å². The van der Waals surface area contributed by atoms with Crippen LogP contribution in [0, 0.1) is 6.92 Å². The van der Waals surface area contributed by atoms with Crippen LogP contribution in [0.2, 0.25) is 0 Å². The molecule has 0 aliphatic heterocycles. The van der Waals surface area contributed by atoms with Crippen LogP contribution in [-0.4, -0.2) is 35.1 Å². The number of carbonyl (C=O) groups is 2. The molecule has 0 aromatic heterocycles. The molecule has 2 N–H and O–H groups in total. The molecule has 104 valence electrons. The van der Waals surface area contributed by atoms with Gasteiger partial charge < -0.3 is 15.3 Å². The van der Waals surface area contributed by atoms with E-state index in [0.717, 1.165) is 23.2 Å². The predicted molar refractivity (Wildman–Crippen MR) is 74.5 cm³/mol. The number of para-hydroxylation sites is 1. The molecule has 0 unspecified atom stereocenters. The van der Waals surface area contributed by atoms with Gasteiger partial charge in [0.2, 0.25) is 0 Å². The molecule has 0 saturated carbocycles. The van der Waals surface area contributed by atoms with Gasteiger partial charge in [0.25, 0.3) is 0 Å². The number of nitrogens with zero attached hydrogens (tertiary/aromatic N) is 1. The fraction of sp³-hybridized carbons (Fsp3) is 0.429. The number of carbonyl (C=O) groups excluding carboxylic acids is 1. The molecule has 0 heterocycles. The van der Waals surface area contributed by atoms with Crippen LogP contribution in [0.5, 0.6) is 0 Å². The average molecular weight is 264 g/mol. The third kappa shape index (κ3) is 3.98. The molecule has 1 rings (SSSR count). The van der Waals surface area contributed by atoms with Gasteiger partial charge in [-0.3, -0.25) is 4.79 Å². The van der Waals surface area contributed by atoms with Gasteiger partial charge in [-0.2, -0.15) is 0 Å². The molecule has 5 heteroatoms. The molecule has 1 aromatic rings. The molecular weight excluding hydrogens is 244 g/mol. The van der Waals surface area contributed by atoms with Crippen LogP contribution in [0.3, 0.4) is 0 Å². The number of carboxylic acids is 1. The van der Waals surface area contributed by atoms with Crippen molar-refractivity contribution in [3.63, 3.8) is 0 Å². The zero-order valence-electron chi connectivity index (χ0n) is 11.6. The summed E-state index contributed by atoms with van der Waals surface area (Å²) in [4.78, 5) is 24.0. The van der Waals surface area contributed by atoms with Gasteiger partial charge in [0, 0.05) is 12.2 Å². The Kier molecular flexibility index (Phi) is 5.36. The van der Waals surface area contributed by atoms with E-state index in [4.69, 9.17) is 5.11 Å². The molecular formula is C14H20N2O3. The minimum absolute atomic E-state index is 0.296. The topological polar surface area (TPSA) is 69.6 Å². The van der Waals surface area contributed by atoms with Gasteiger partial charge >= 0.3 is 12.0 Å². The summed E-state index contributed by atoms with van der Waals surface area (Å²) in [5.41, 5.74) is 2.79. The summed E-state index contributed by atoms with van der Waals surface area (Å²) in [7, 11) is 0. The highest BCUT2D eigenvalue weighted by Gasteiger charge is 2.16. The minimum Gasteiger partial charge on any atom is -0.480 e. The second-order valence-electron chi connectivity index (χ2n) is 4.30. The third-order valence-electron chi connectivity index (χ3n) is 2.97. The number of hydrogen-bond donors (Lipinski definition) is 2. The van der Waals surface area contributed by atoms with E-state index < -0.39 is 5.97 Å². The lowest BCUT2D eigenvalue weighted by Crippen LogP contribution is -2.38. The van der Waals surface area contributed by atoms with Gasteiger partial charge in [0.15, 0.2) is 0 Å². The van der Waals surface area contributed by atoms with Crippen molar-refractivity contribution in [2.75, 3.05) is 18.4 Å². The Morgan fingerprint density at radius 1 is 1.32 bits per heavy atom. The van der Waals surface area contributed by atoms with Crippen molar-refractivity contribution < 1.29 is 14.7 Å². The molecule has 0 radical (unpaired) electrons. The van der Waals surface area contributed by atoms with Crippen LogP contribution < -0.4 is 5.32 Å². The first kappa shape index (κ1) is 15.0. The zero-order valence-corrected chi connectivity index (χ0v) is 11.6. The first-order valence-corrected chi connectivity index (χ1v) is 6.35. The fourth-order valence-corrected chi connectivity index (χ4v) is 1.88. The number of likely N-dealkylation sites (N-methyl/N-ethyl adjacent to an activating group) is 1. The van der Waals surface area contributed by atoms with E-state index in [2.05, 4.69) is 5.32 Å². The summed E-state index contributed by atoms with van der Waals surface area (Å²) in [5, 5.41) is 11.6. The first-order valence-electron chi connectivity index (χ1n) is 6.35. The molecule has 1 aromatic carbocycles. The average Bonchev–Trinajstić information content (AvgIpc) is 2.37. The number of aryl methyl sites for hydroxylation is 2. The Balaban J connectivity index is 2.89. The van der Waals surface area contributed by atoms with Crippen molar-refractivity contribution in [3.05, 3.63) is 29.3 Å². The van der Waals surface area contributed by atoms with Gasteiger partial charge in [0.1, 0.15) is 6.54 Å². The van der Waals surface area contributed by atoms with Crippen molar-refractivity contribution in [3.8, 4) is 0 Å². The van der Waals surface area contributed by atoms with Gasteiger partial charge in [-0.25, -0.2) is 4.79 Å². The van der Waals surface area contributed by atoms with Crippen LogP contribution in [-0.2, 0) is 11.2 Å². The molecule has 0 aliphatic carbocycles. The Bertz CT molecular complexity index is 472. The van der Waals surface area contributed by atoms with E-state index in [1.165, 1.54) is 4.90 Å². The van der Waals surface area contributed by atoms with Gasteiger partial charge in [-0.1, -0.05) is 25.1 Å². The maximum atomic E-state index is 12.1. The summed E-state index contributed by atoms with van der Waals surface area (Å²) in [5.74, 6) is -1.02. The van der Waals surface area contributed by atoms with Gasteiger partial charge in [-0.15, -0.1) is 0 Å². The Morgan fingerprint density at radius 3 is 2.53 bits per heavy atom. The number of anilines is 1. The van der Waals surface area contributed by atoms with Crippen LogP contribution in [0.1, 0.15) is 25.0 Å². The Hall–Kier alpha value is -2.04. The lowest BCUT2D eigenvalue weighted by molar-refractivity contribution is -0.137. The number of nitrogens with one attached hydrogen (secondary N) is 1. The summed E-state index contributed by atoms with van der Waals surface area (Å²) < 4.78 is 0. The normalized spacial score (nSPS) is 10.1. The second-order valence-corrected chi connectivity index (χ2v) is 4.30. The maximum Gasteiger partial charge on any atom is 0.323 e. The first-order chi connectivity index (χ1) is 8.99. The van der Waals surface area contributed by atoms with Crippen LogP contribution in [0.25, 0.3) is 0 Å².